The molecule has 3 N–H and O–H groups in total. The van der Waals surface area contributed by atoms with Crippen LogP contribution in [0, 0.1) is 0 Å². The van der Waals surface area contributed by atoms with Crippen LogP contribution in [-0.2, 0) is 11.3 Å². The molecule has 1 saturated heterocycles. The van der Waals surface area contributed by atoms with E-state index in [0.29, 0.717) is 19.5 Å². The summed E-state index contributed by atoms with van der Waals surface area (Å²) in [6, 6.07) is 1.84. The van der Waals surface area contributed by atoms with E-state index in [9.17, 15) is 9.90 Å². The van der Waals surface area contributed by atoms with Crippen LogP contribution in [0.3, 0.4) is 0 Å². The Morgan fingerprint density at radius 2 is 2.33 bits per heavy atom. The Bertz CT molecular complexity index is 691. The highest BCUT2D eigenvalue weighted by molar-refractivity contribution is 5.75. The van der Waals surface area contributed by atoms with Crippen LogP contribution in [0.2, 0.25) is 0 Å². The lowest BCUT2D eigenvalue weighted by molar-refractivity contribution is -0.122. The van der Waals surface area contributed by atoms with E-state index in [4.69, 9.17) is 0 Å². The Hall–Kier alpha value is -2.68. The molecular weight excluding hydrogens is 310 g/mol. The van der Waals surface area contributed by atoms with Gasteiger partial charge in [0.1, 0.15) is 30.1 Å². The molecule has 0 aromatic carbocycles. The zero-order chi connectivity index (χ0) is 17.0. The number of aliphatic hydroxyl groups is 1. The Balaban J connectivity index is 1.54. The average molecular weight is 331 g/mol. The second-order valence-electron chi connectivity index (χ2n) is 5.92. The monoisotopic (exact) mass is 331 g/mol. The molecule has 2 aromatic heterocycles. The highest BCUT2D eigenvalue weighted by atomic mass is 16.3. The summed E-state index contributed by atoms with van der Waals surface area (Å²) in [6.45, 7) is 1.49. The van der Waals surface area contributed by atoms with Crippen molar-refractivity contribution in [3.05, 3.63) is 31.1 Å². The summed E-state index contributed by atoms with van der Waals surface area (Å²) in [5, 5.41) is 16.4. The molecule has 9 heteroatoms. The van der Waals surface area contributed by atoms with E-state index >= 15 is 0 Å². The number of aromatic nitrogens is 4. The summed E-state index contributed by atoms with van der Waals surface area (Å²) < 4.78 is 1.68. The number of hydrogen-bond donors (Lipinski definition) is 3. The van der Waals surface area contributed by atoms with Gasteiger partial charge in [-0.15, -0.1) is 0 Å². The van der Waals surface area contributed by atoms with Crippen LogP contribution in [0.25, 0.3) is 0 Å². The van der Waals surface area contributed by atoms with Gasteiger partial charge in [0.15, 0.2) is 0 Å². The van der Waals surface area contributed by atoms with Gasteiger partial charge in [0.05, 0.1) is 6.33 Å². The van der Waals surface area contributed by atoms with Gasteiger partial charge in [-0.05, 0) is 6.42 Å². The van der Waals surface area contributed by atoms with E-state index in [0.717, 1.165) is 11.6 Å². The lowest BCUT2D eigenvalue weighted by Crippen LogP contribution is -2.45. The number of β-amino-alcohol motifs (C(OH)–C–C–N with tert-alkyl or cyclic N) is 1. The minimum atomic E-state index is -0.963. The molecule has 0 aliphatic carbocycles. The van der Waals surface area contributed by atoms with Crippen molar-refractivity contribution in [2.24, 2.45) is 0 Å². The van der Waals surface area contributed by atoms with Crippen LogP contribution in [0.5, 0.6) is 0 Å². The Morgan fingerprint density at radius 1 is 1.46 bits per heavy atom. The topological polar surface area (TPSA) is 108 Å². The van der Waals surface area contributed by atoms with Gasteiger partial charge >= 0.3 is 0 Å². The third-order valence-corrected chi connectivity index (χ3v) is 4.07. The summed E-state index contributed by atoms with van der Waals surface area (Å²) >= 11 is 0. The SMILES string of the molecule is CNc1cc(N2CC[C@](O)(CNC(=O)Cn3ccnc3)C2)ncn1. The molecule has 0 spiro atoms. The molecule has 1 fully saturated rings. The number of imidazole rings is 1. The van der Waals surface area contributed by atoms with Crippen molar-refractivity contribution in [2.45, 2.75) is 18.6 Å². The maximum absolute atomic E-state index is 11.9. The van der Waals surface area contributed by atoms with Gasteiger partial charge in [0, 0.05) is 45.1 Å². The van der Waals surface area contributed by atoms with Crippen LogP contribution < -0.4 is 15.5 Å². The molecule has 9 nitrogen and oxygen atoms in total. The van der Waals surface area contributed by atoms with E-state index in [1.807, 2.05) is 11.0 Å². The van der Waals surface area contributed by atoms with E-state index in [1.54, 1.807) is 30.3 Å². The first kappa shape index (κ1) is 16.2. The fraction of sp³-hybridized carbons (Fsp3) is 0.467. The van der Waals surface area contributed by atoms with Crippen LogP contribution in [-0.4, -0.2) is 62.8 Å². The lowest BCUT2D eigenvalue weighted by Gasteiger charge is -2.24. The highest BCUT2D eigenvalue weighted by Crippen LogP contribution is 2.25. The summed E-state index contributed by atoms with van der Waals surface area (Å²) in [6.07, 6.45) is 6.99. The molecule has 0 unspecified atom stereocenters. The van der Waals surface area contributed by atoms with Gasteiger partial charge in [0.25, 0.3) is 0 Å². The molecule has 24 heavy (non-hydrogen) atoms. The molecule has 1 amide bonds. The van der Waals surface area contributed by atoms with Crippen LogP contribution in [0.1, 0.15) is 6.42 Å². The second-order valence-corrected chi connectivity index (χ2v) is 5.92. The molecule has 1 aliphatic rings. The molecule has 3 heterocycles. The summed E-state index contributed by atoms with van der Waals surface area (Å²) in [5.41, 5.74) is -0.963. The molecule has 0 radical (unpaired) electrons. The lowest BCUT2D eigenvalue weighted by atomic mass is 10.0. The maximum Gasteiger partial charge on any atom is 0.240 e. The van der Waals surface area contributed by atoms with Crippen molar-refractivity contribution >= 4 is 17.5 Å². The third-order valence-electron chi connectivity index (χ3n) is 4.07. The maximum atomic E-state index is 11.9. The zero-order valence-corrected chi connectivity index (χ0v) is 13.5. The number of carbonyl (C=O) groups is 1. The first-order chi connectivity index (χ1) is 11.6. The van der Waals surface area contributed by atoms with Crippen molar-refractivity contribution in [3.63, 3.8) is 0 Å². The van der Waals surface area contributed by atoms with E-state index in [-0.39, 0.29) is 19.0 Å². The molecule has 3 rings (SSSR count). The number of anilines is 2. The number of nitrogens with zero attached hydrogens (tertiary/aromatic N) is 5. The molecule has 0 saturated carbocycles. The van der Waals surface area contributed by atoms with Crippen LogP contribution in [0.15, 0.2) is 31.1 Å². The Labute approximate surface area is 139 Å². The van der Waals surface area contributed by atoms with Crippen molar-refractivity contribution in [2.75, 3.05) is 36.9 Å². The molecule has 1 atom stereocenters. The number of rotatable bonds is 6. The fourth-order valence-electron chi connectivity index (χ4n) is 2.72. The zero-order valence-electron chi connectivity index (χ0n) is 13.5. The van der Waals surface area contributed by atoms with Crippen LogP contribution >= 0.6 is 0 Å². The number of carbonyl (C=O) groups excluding carboxylic acids is 1. The molecule has 0 bridgehead atoms. The van der Waals surface area contributed by atoms with Crippen molar-refractivity contribution in [3.8, 4) is 0 Å². The second kappa shape index (κ2) is 6.83. The van der Waals surface area contributed by atoms with Gasteiger partial charge in [-0.1, -0.05) is 0 Å². The summed E-state index contributed by atoms with van der Waals surface area (Å²) in [5.74, 6) is 1.33. The minimum absolute atomic E-state index is 0.153. The normalized spacial score (nSPS) is 20.2. The molecule has 128 valence electrons. The predicted molar refractivity (Wildman–Crippen MR) is 88.6 cm³/mol. The standard InChI is InChI=1S/C15H21N7O2/c1-16-12-6-13(20-10-19-12)22-4-2-15(24,9-22)8-18-14(23)7-21-5-3-17-11-21/h3,5-6,10-11,24H,2,4,7-9H2,1H3,(H,18,23)(H,16,19,20)/t15-/m0/s1. The Morgan fingerprint density at radius 3 is 3.08 bits per heavy atom. The van der Waals surface area contributed by atoms with Gasteiger partial charge in [-0.3, -0.25) is 4.79 Å². The van der Waals surface area contributed by atoms with Crippen molar-refractivity contribution < 1.29 is 9.90 Å². The van der Waals surface area contributed by atoms with Gasteiger partial charge in [-0.25, -0.2) is 15.0 Å². The van der Waals surface area contributed by atoms with E-state index in [2.05, 4.69) is 25.6 Å². The van der Waals surface area contributed by atoms with E-state index in [1.165, 1.54) is 6.33 Å². The van der Waals surface area contributed by atoms with Gasteiger partial charge in [-0.2, -0.15) is 0 Å². The largest absolute Gasteiger partial charge is 0.386 e. The van der Waals surface area contributed by atoms with Gasteiger partial charge in [0.2, 0.25) is 5.91 Å². The number of hydrogen-bond acceptors (Lipinski definition) is 7. The third kappa shape index (κ3) is 3.80. The molecule has 1 aliphatic heterocycles. The molecular formula is C15H21N7O2. The van der Waals surface area contributed by atoms with Crippen molar-refractivity contribution in [1.82, 2.24) is 24.8 Å². The molecule has 2 aromatic rings. The Kier molecular flexibility index (Phi) is 4.61. The number of amides is 1. The highest BCUT2D eigenvalue weighted by Gasteiger charge is 2.37. The fourth-order valence-corrected chi connectivity index (χ4v) is 2.72. The summed E-state index contributed by atoms with van der Waals surface area (Å²) in [7, 11) is 1.79. The first-order valence-corrected chi connectivity index (χ1v) is 7.77. The average Bonchev–Trinajstić information content (AvgIpc) is 3.23. The smallest absolute Gasteiger partial charge is 0.240 e. The van der Waals surface area contributed by atoms with Gasteiger partial charge < -0.3 is 25.2 Å². The number of nitrogens with one attached hydrogen (secondary N) is 2. The van der Waals surface area contributed by atoms with Crippen molar-refractivity contribution in [1.29, 1.82) is 0 Å². The minimum Gasteiger partial charge on any atom is -0.386 e. The van der Waals surface area contributed by atoms with Crippen LogP contribution in [0.4, 0.5) is 11.6 Å². The quantitative estimate of drug-likeness (QED) is 0.653. The predicted octanol–water partition coefficient (Wildman–Crippen LogP) is -0.528. The first-order valence-electron chi connectivity index (χ1n) is 7.77. The summed E-state index contributed by atoms with van der Waals surface area (Å²) in [4.78, 5) is 26.1. The van der Waals surface area contributed by atoms with E-state index < -0.39 is 5.60 Å².